The Kier molecular flexibility index (Phi) is 5.41. The normalized spacial score (nSPS) is 16.1. The van der Waals surface area contributed by atoms with Crippen LogP contribution < -0.4 is 4.74 Å². The van der Waals surface area contributed by atoms with Crippen LogP contribution in [0.1, 0.15) is 35.7 Å². The maximum absolute atomic E-state index is 9.00. The van der Waals surface area contributed by atoms with Crippen LogP contribution in [0.4, 0.5) is 0 Å². The number of likely N-dealkylation sites (tertiary alicyclic amines) is 1. The van der Waals surface area contributed by atoms with E-state index in [4.69, 9.17) is 14.8 Å². The molecule has 2 heterocycles. The highest BCUT2D eigenvalue weighted by atomic mass is 16.5. The number of fused-ring (bicyclic) bond motifs is 1. The van der Waals surface area contributed by atoms with Gasteiger partial charge < -0.3 is 14.8 Å². The minimum absolute atomic E-state index is 0.0384. The van der Waals surface area contributed by atoms with Crippen LogP contribution in [0, 0.1) is 6.92 Å². The van der Waals surface area contributed by atoms with E-state index in [9.17, 15) is 0 Å². The van der Waals surface area contributed by atoms with Crippen molar-refractivity contribution in [3.63, 3.8) is 0 Å². The lowest BCUT2D eigenvalue weighted by molar-refractivity contribution is 0.186. The molecule has 3 aromatic rings. The lowest BCUT2D eigenvalue weighted by atomic mass is 9.96. The van der Waals surface area contributed by atoms with Crippen molar-refractivity contribution in [1.82, 2.24) is 14.9 Å². The lowest BCUT2D eigenvalue weighted by Gasteiger charge is -2.31. The van der Waals surface area contributed by atoms with Crippen LogP contribution in [-0.2, 0) is 6.54 Å². The number of hydrogen-bond acceptors (Lipinski definition) is 4. The van der Waals surface area contributed by atoms with Gasteiger partial charge in [-0.15, -0.1) is 0 Å². The van der Waals surface area contributed by atoms with E-state index in [2.05, 4.69) is 41.1 Å². The predicted molar refractivity (Wildman–Crippen MR) is 107 cm³/mol. The second-order valence-corrected chi connectivity index (χ2v) is 7.32. The monoisotopic (exact) mass is 365 g/mol. The molecule has 0 amide bonds. The van der Waals surface area contributed by atoms with Crippen LogP contribution in [0.5, 0.6) is 5.75 Å². The Labute approximate surface area is 160 Å². The maximum Gasteiger partial charge on any atom is 0.123 e. The minimum Gasteiger partial charge on any atom is -0.491 e. The second kappa shape index (κ2) is 8.11. The van der Waals surface area contributed by atoms with Gasteiger partial charge in [0.2, 0.25) is 0 Å². The highest BCUT2D eigenvalue weighted by Gasteiger charge is 2.24. The fourth-order valence-electron chi connectivity index (χ4n) is 3.92. The molecule has 142 valence electrons. The lowest BCUT2D eigenvalue weighted by Crippen LogP contribution is -2.32. The van der Waals surface area contributed by atoms with Gasteiger partial charge in [-0.3, -0.25) is 4.90 Å². The van der Waals surface area contributed by atoms with Crippen molar-refractivity contribution in [2.24, 2.45) is 0 Å². The van der Waals surface area contributed by atoms with Crippen molar-refractivity contribution >= 4 is 11.0 Å². The molecular formula is C22H27N3O2. The van der Waals surface area contributed by atoms with Crippen LogP contribution in [0.15, 0.2) is 42.5 Å². The molecule has 2 N–H and O–H groups in total. The minimum atomic E-state index is 0.0384. The van der Waals surface area contributed by atoms with Crippen LogP contribution in [0.3, 0.4) is 0 Å². The van der Waals surface area contributed by atoms with Crippen molar-refractivity contribution in [2.75, 3.05) is 26.3 Å². The Balaban J connectivity index is 1.40. The van der Waals surface area contributed by atoms with E-state index in [-0.39, 0.29) is 6.61 Å². The van der Waals surface area contributed by atoms with Crippen LogP contribution >= 0.6 is 0 Å². The number of imidazole rings is 1. The number of nitrogens with zero attached hydrogens (tertiary/aromatic N) is 2. The van der Waals surface area contributed by atoms with E-state index in [1.54, 1.807) is 0 Å². The molecule has 5 heteroatoms. The first kappa shape index (κ1) is 18.0. The quantitative estimate of drug-likeness (QED) is 0.700. The molecule has 1 aliphatic rings. The van der Waals surface area contributed by atoms with Crippen molar-refractivity contribution in [2.45, 2.75) is 32.2 Å². The van der Waals surface area contributed by atoms with Crippen LogP contribution in [0.2, 0.25) is 0 Å². The molecular weight excluding hydrogens is 338 g/mol. The van der Waals surface area contributed by atoms with E-state index in [1.165, 1.54) is 11.1 Å². The smallest absolute Gasteiger partial charge is 0.123 e. The van der Waals surface area contributed by atoms with E-state index in [0.29, 0.717) is 12.5 Å². The highest BCUT2D eigenvalue weighted by molar-refractivity contribution is 5.78. The number of aromatic nitrogens is 2. The van der Waals surface area contributed by atoms with Gasteiger partial charge in [-0.25, -0.2) is 4.98 Å². The summed E-state index contributed by atoms with van der Waals surface area (Å²) in [7, 11) is 0. The van der Waals surface area contributed by atoms with Crippen molar-refractivity contribution in [3.8, 4) is 5.75 Å². The zero-order valence-electron chi connectivity index (χ0n) is 15.8. The Bertz CT molecular complexity index is 897. The summed E-state index contributed by atoms with van der Waals surface area (Å²) in [5, 5.41) is 9.00. The highest BCUT2D eigenvalue weighted by Crippen LogP contribution is 2.30. The summed E-state index contributed by atoms with van der Waals surface area (Å²) < 4.78 is 5.67. The molecule has 0 aliphatic carbocycles. The Hall–Kier alpha value is -2.37. The van der Waals surface area contributed by atoms with Crippen molar-refractivity contribution < 1.29 is 9.84 Å². The van der Waals surface area contributed by atoms with E-state index >= 15 is 0 Å². The topological polar surface area (TPSA) is 61.4 Å². The maximum atomic E-state index is 9.00. The fourth-order valence-corrected chi connectivity index (χ4v) is 3.92. The third-order valence-electron chi connectivity index (χ3n) is 5.42. The SMILES string of the molecule is Cc1cccc2[nH]c(C3CCN(Cc4ccccc4OCCO)CC3)nc12. The third kappa shape index (κ3) is 3.99. The Morgan fingerprint density at radius 2 is 1.96 bits per heavy atom. The molecule has 0 radical (unpaired) electrons. The first-order valence-corrected chi connectivity index (χ1v) is 9.74. The molecule has 1 saturated heterocycles. The number of rotatable bonds is 6. The molecule has 0 atom stereocenters. The predicted octanol–water partition coefficient (Wildman–Crippen LogP) is 3.62. The Morgan fingerprint density at radius 1 is 1.15 bits per heavy atom. The summed E-state index contributed by atoms with van der Waals surface area (Å²) in [6.45, 7) is 5.48. The van der Waals surface area contributed by atoms with Gasteiger partial charge in [0.05, 0.1) is 17.6 Å². The molecule has 0 spiro atoms. The molecule has 5 nitrogen and oxygen atoms in total. The number of H-pyrrole nitrogens is 1. The molecule has 4 rings (SSSR count). The third-order valence-corrected chi connectivity index (χ3v) is 5.42. The van der Waals surface area contributed by atoms with Gasteiger partial charge in [0.1, 0.15) is 18.2 Å². The molecule has 27 heavy (non-hydrogen) atoms. The first-order chi connectivity index (χ1) is 13.2. The van der Waals surface area contributed by atoms with E-state index < -0.39 is 0 Å². The fraction of sp³-hybridized carbons (Fsp3) is 0.409. The van der Waals surface area contributed by atoms with Crippen LogP contribution in [0.25, 0.3) is 11.0 Å². The van der Waals surface area contributed by atoms with Crippen LogP contribution in [-0.4, -0.2) is 46.3 Å². The molecule has 1 fully saturated rings. The number of benzene rings is 2. The van der Waals surface area contributed by atoms with E-state index in [0.717, 1.165) is 55.1 Å². The Morgan fingerprint density at radius 3 is 2.74 bits per heavy atom. The molecule has 0 unspecified atom stereocenters. The van der Waals surface area contributed by atoms with Gasteiger partial charge in [0, 0.05) is 18.0 Å². The zero-order valence-corrected chi connectivity index (χ0v) is 15.8. The number of piperidine rings is 1. The first-order valence-electron chi connectivity index (χ1n) is 9.74. The van der Waals surface area contributed by atoms with Gasteiger partial charge in [-0.1, -0.05) is 30.3 Å². The van der Waals surface area contributed by atoms with Gasteiger partial charge in [-0.2, -0.15) is 0 Å². The number of nitrogens with one attached hydrogen (secondary N) is 1. The second-order valence-electron chi connectivity index (χ2n) is 7.32. The van der Waals surface area contributed by atoms with Gasteiger partial charge in [0.25, 0.3) is 0 Å². The average Bonchev–Trinajstić information content (AvgIpc) is 3.14. The van der Waals surface area contributed by atoms with Gasteiger partial charge in [0.15, 0.2) is 0 Å². The van der Waals surface area contributed by atoms with Gasteiger partial charge in [-0.05, 0) is 50.6 Å². The number of aromatic amines is 1. The summed E-state index contributed by atoms with van der Waals surface area (Å²) in [5.41, 5.74) is 4.66. The largest absolute Gasteiger partial charge is 0.491 e. The summed E-state index contributed by atoms with van der Waals surface area (Å²) in [4.78, 5) is 10.9. The standard InChI is InChI=1S/C22H27N3O2/c1-16-5-4-7-19-21(16)24-22(23-19)17-9-11-25(12-10-17)15-18-6-2-3-8-20(18)27-14-13-26/h2-8,17,26H,9-15H2,1H3,(H,23,24). The zero-order chi connectivity index (χ0) is 18.6. The summed E-state index contributed by atoms with van der Waals surface area (Å²) in [5.74, 6) is 2.50. The summed E-state index contributed by atoms with van der Waals surface area (Å²) in [6.07, 6.45) is 2.22. The number of aliphatic hydroxyl groups excluding tert-OH is 1. The molecule has 1 aromatic heterocycles. The average molecular weight is 365 g/mol. The molecule has 1 aliphatic heterocycles. The van der Waals surface area contributed by atoms with Crippen molar-refractivity contribution in [3.05, 3.63) is 59.4 Å². The number of ether oxygens (including phenoxy) is 1. The number of aliphatic hydroxyl groups is 1. The van der Waals surface area contributed by atoms with E-state index in [1.807, 2.05) is 18.2 Å². The molecule has 0 bridgehead atoms. The molecule has 2 aromatic carbocycles. The number of hydrogen-bond donors (Lipinski definition) is 2. The summed E-state index contributed by atoms with van der Waals surface area (Å²) in [6, 6.07) is 14.4. The van der Waals surface area contributed by atoms with Crippen molar-refractivity contribution in [1.29, 1.82) is 0 Å². The van der Waals surface area contributed by atoms with Gasteiger partial charge >= 0.3 is 0 Å². The molecule has 0 saturated carbocycles. The summed E-state index contributed by atoms with van der Waals surface area (Å²) >= 11 is 0. The number of para-hydroxylation sites is 2. The number of aryl methyl sites for hydroxylation is 1.